The second-order valence-electron chi connectivity index (χ2n) is 14.2. The standard InChI is InChI=1S/C32H48N7O18P3S/c1-32(2,27(44)30(45)35-11-10-22(41)34-12-13-61-23(42)14-20(40)9-8-19-6-4-3-5-7-19)16-54-60(51,52)57-59(49,50)53-15-21-26(56-58(46,47)48)25(43)31(55-21)39-18-38-24-28(33)36-17-37-29(24)39/h3-7,17-18,20-21,25-27,31,40,43-44H,8-16H2,1-2H3,(H,34,41)(H,35,45)(H,49,50)(H,51,52)(H2,33,36,37)(H2,46,47,48)/t20?,21-,25-,26-,27+,31-/m1/s1. The maximum atomic E-state index is 12.7. The molecule has 0 aliphatic carbocycles. The monoisotopic (exact) mass is 943 g/mol. The van der Waals surface area contributed by atoms with E-state index in [2.05, 4.69) is 34.4 Å². The zero-order chi connectivity index (χ0) is 45.2. The van der Waals surface area contributed by atoms with E-state index in [-0.39, 0.29) is 53.8 Å². The molecule has 61 heavy (non-hydrogen) atoms. The fourth-order valence-corrected chi connectivity index (χ4v) is 9.20. The van der Waals surface area contributed by atoms with Crippen LogP contribution < -0.4 is 16.4 Å². The summed E-state index contributed by atoms with van der Waals surface area (Å²) in [5.41, 5.74) is 5.28. The van der Waals surface area contributed by atoms with Gasteiger partial charge >= 0.3 is 23.5 Å². The van der Waals surface area contributed by atoms with Gasteiger partial charge < -0.3 is 56.0 Å². The second-order valence-corrected chi connectivity index (χ2v) is 19.6. The summed E-state index contributed by atoms with van der Waals surface area (Å²) in [5, 5.41) is 36.3. The van der Waals surface area contributed by atoms with Crippen molar-refractivity contribution < 1.29 is 85.6 Å². The number of aliphatic hydroxyl groups excluding tert-OH is 3. The molecule has 0 radical (unpaired) electrons. The number of amides is 2. The Morgan fingerprint density at radius 2 is 1.69 bits per heavy atom. The zero-order valence-electron chi connectivity index (χ0n) is 32.6. The first-order valence-corrected chi connectivity index (χ1v) is 23.7. The number of phosphoric acid groups is 3. The van der Waals surface area contributed by atoms with Crippen LogP contribution in [-0.2, 0) is 57.1 Å². The number of rotatable bonds is 24. The van der Waals surface area contributed by atoms with Gasteiger partial charge in [-0.15, -0.1) is 0 Å². The van der Waals surface area contributed by atoms with Crippen LogP contribution in [0.3, 0.4) is 0 Å². The van der Waals surface area contributed by atoms with Crippen LogP contribution in [0.25, 0.3) is 11.2 Å². The van der Waals surface area contributed by atoms with Crippen molar-refractivity contribution in [3.05, 3.63) is 48.5 Å². The predicted octanol–water partition coefficient (Wildman–Crippen LogP) is 0.0485. The molecule has 29 heteroatoms. The molecular weight excluding hydrogens is 895 g/mol. The molecule has 2 amide bonds. The summed E-state index contributed by atoms with van der Waals surface area (Å²) in [7, 11) is -16.4. The summed E-state index contributed by atoms with van der Waals surface area (Å²) in [6.07, 6.45) is -6.80. The van der Waals surface area contributed by atoms with Crippen molar-refractivity contribution in [3.8, 4) is 0 Å². The number of hydrogen-bond acceptors (Lipinski definition) is 19. The number of carbonyl (C=O) groups excluding carboxylic acids is 3. The number of fused-ring (bicyclic) bond motifs is 1. The number of benzene rings is 1. The van der Waals surface area contributed by atoms with Gasteiger partial charge in [0.1, 0.15) is 36.3 Å². The van der Waals surface area contributed by atoms with Crippen LogP contribution >= 0.6 is 35.2 Å². The molecule has 3 heterocycles. The molecule has 1 aliphatic rings. The average molecular weight is 944 g/mol. The molecule has 2 aromatic heterocycles. The molecule has 340 valence electrons. The molecule has 8 atom stereocenters. The third-order valence-electron chi connectivity index (χ3n) is 8.78. The lowest BCUT2D eigenvalue weighted by Crippen LogP contribution is -2.46. The number of imidazole rings is 1. The van der Waals surface area contributed by atoms with Gasteiger partial charge in [0.2, 0.25) is 11.8 Å². The topological polar surface area (TPSA) is 384 Å². The van der Waals surface area contributed by atoms with E-state index in [1.54, 1.807) is 0 Å². The minimum absolute atomic E-state index is 0.0250. The zero-order valence-corrected chi connectivity index (χ0v) is 36.1. The van der Waals surface area contributed by atoms with E-state index in [0.29, 0.717) is 12.8 Å². The van der Waals surface area contributed by atoms with E-state index >= 15 is 0 Å². The number of phosphoric ester groups is 3. The smallest absolute Gasteiger partial charge is 0.393 e. The number of nitrogens with one attached hydrogen (secondary N) is 2. The molecule has 1 fully saturated rings. The number of aryl methyl sites for hydroxylation is 1. The maximum absolute atomic E-state index is 12.7. The summed E-state index contributed by atoms with van der Waals surface area (Å²) >= 11 is 0.960. The van der Waals surface area contributed by atoms with Crippen molar-refractivity contribution in [2.75, 3.05) is 37.8 Å². The van der Waals surface area contributed by atoms with Crippen LogP contribution in [0.2, 0.25) is 0 Å². The third-order valence-corrected chi connectivity index (χ3v) is 12.8. The fourth-order valence-electron chi connectivity index (χ4n) is 5.63. The van der Waals surface area contributed by atoms with Crippen LogP contribution in [-0.4, -0.2) is 134 Å². The molecule has 3 unspecified atom stereocenters. The molecule has 1 aliphatic heterocycles. The van der Waals surface area contributed by atoms with Gasteiger partial charge in [-0.1, -0.05) is 55.9 Å². The van der Waals surface area contributed by atoms with E-state index in [1.165, 1.54) is 13.8 Å². The van der Waals surface area contributed by atoms with Gasteiger partial charge in [0.25, 0.3) is 0 Å². The molecule has 4 rings (SSSR count). The Labute approximate surface area is 352 Å². The first kappa shape index (κ1) is 50.4. The largest absolute Gasteiger partial charge is 0.481 e. The molecule has 0 saturated carbocycles. The highest BCUT2D eigenvalue weighted by atomic mass is 32.2. The summed E-state index contributed by atoms with van der Waals surface area (Å²) in [5.74, 6) is -1.27. The Balaban J connectivity index is 1.17. The summed E-state index contributed by atoms with van der Waals surface area (Å²) in [6, 6.07) is 9.53. The number of ether oxygens (including phenoxy) is 1. The maximum Gasteiger partial charge on any atom is 0.481 e. The van der Waals surface area contributed by atoms with Crippen molar-refractivity contribution in [2.45, 2.75) is 76.3 Å². The quantitative estimate of drug-likeness (QED) is 0.0419. The van der Waals surface area contributed by atoms with Gasteiger partial charge in [0, 0.05) is 37.1 Å². The van der Waals surface area contributed by atoms with Crippen molar-refractivity contribution in [3.63, 3.8) is 0 Å². The second kappa shape index (κ2) is 21.9. The van der Waals surface area contributed by atoms with E-state index in [0.717, 1.165) is 34.5 Å². The van der Waals surface area contributed by atoms with Gasteiger partial charge in [-0.05, 0) is 18.4 Å². The van der Waals surface area contributed by atoms with Gasteiger partial charge in [0.05, 0.1) is 25.6 Å². The number of aromatic nitrogens is 4. The van der Waals surface area contributed by atoms with Crippen LogP contribution in [0, 0.1) is 5.41 Å². The lowest BCUT2D eigenvalue weighted by Gasteiger charge is -2.30. The van der Waals surface area contributed by atoms with Gasteiger partial charge in [-0.2, -0.15) is 4.31 Å². The molecule has 0 bridgehead atoms. The number of carbonyl (C=O) groups is 3. The molecule has 11 N–H and O–H groups in total. The van der Waals surface area contributed by atoms with E-state index in [4.69, 9.17) is 19.5 Å². The molecule has 3 aromatic rings. The van der Waals surface area contributed by atoms with Crippen molar-refractivity contribution in [1.29, 1.82) is 0 Å². The number of hydrogen-bond donors (Lipinski definition) is 10. The van der Waals surface area contributed by atoms with Gasteiger partial charge in [-0.3, -0.25) is 32.5 Å². The molecular formula is C32H48N7O18P3S. The van der Waals surface area contributed by atoms with Crippen LogP contribution in [0.15, 0.2) is 43.0 Å². The number of nitrogens with zero attached hydrogens (tertiary/aromatic N) is 4. The molecule has 0 spiro atoms. The normalized spacial score (nSPS) is 21.3. The Bertz CT molecular complexity index is 2110. The fraction of sp³-hybridized carbons (Fsp3) is 0.562. The number of nitrogens with two attached hydrogens (primary N) is 1. The lowest BCUT2D eigenvalue weighted by atomic mass is 9.87. The minimum atomic E-state index is -5.59. The van der Waals surface area contributed by atoms with E-state index < -0.39 is 90.7 Å². The first-order chi connectivity index (χ1) is 28.5. The van der Waals surface area contributed by atoms with Crippen LogP contribution in [0.1, 0.15) is 44.9 Å². The van der Waals surface area contributed by atoms with Crippen LogP contribution in [0.4, 0.5) is 5.82 Å². The van der Waals surface area contributed by atoms with Crippen LogP contribution in [0.5, 0.6) is 0 Å². The van der Waals surface area contributed by atoms with Crippen molar-refractivity contribution >= 4 is 69.1 Å². The average Bonchev–Trinajstić information content (AvgIpc) is 3.74. The highest BCUT2D eigenvalue weighted by Gasteiger charge is 2.50. The number of nitrogen functional groups attached to an aromatic ring is 1. The number of anilines is 1. The SMILES string of the molecule is CC(C)(COP(=O)(O)OP(=O)(O)OC[C@H]1O[C@@H](n2cnc3c(N)ncnc32)[C@H](O)[C@@H]1OP(=O)(O)O)[C@@H](O)C(=O)NCCC(=O)NCCSC(=O)CC(O)CCc1ccccc1. The number of aliphatic hydroxyl groups is 3. The van der Waals surface area contributed by atoms with Crippen molar-refractivity contribution in [2.24, 2.45) is 5.41 Å². The Kier molecular flexibility index (Phi) is 18.1. The highest BCUT2D eigenvalue weighted by molar-refractivity contribution is 8.13. The van der Waals surface area contributed by atoms with Crippen molar-refractivity contribution in [1.82, 2.24) is 30.2 Å². The third kappa shape index (κ3) is 15.8. The van der Waals surface area contributed by atoms with Gasteiger partial charge in [0.15, 0.2) is 22.8 Å². The first-order valence-electron chi connectivity index (χ1n) is 18.2. The Hall–Kier alpha value is -3.26. The minimum Gasteiger partial charge on any atom is -0.393 e. The lowest BCUT2D eigenvalue weighted by molar-refractivity contribution is -0.137. The predicted molar refractivity (Wildman–Crippen MR) is 212 cm³/mol. The summed E-state index contributed by atoms with van der Waals surface area (Å²) in [6.45, 7) is 0.341. The molecule has 25 nitrogen and oxygen atoms in total. The molecule has 1 saturated heterocycles. The van der Waals surface area contributed by atoms with Gasteiger partial charge in [-0.25, -0.2) is 28.6 Å². The molecule has 1 aromatic carbocycles. The van der Waals surface area contributed by atoms with E-state index in [1.807, 2.05) is 30.3 Å². The highest BCUT2D eigenvalue weighted by Crippen LogP contribution is 2.61. The Morgan fingerprint density at radius 1 is 1.00 bits per heavy atom. The summed E-state index contributed by atoms with van der Waals surface area (Å²) < 4.78 is 62.2. The van der Waals surface area contributed by atoms with E-state index in [9.17, 15) is 63.0 Å². The summed E-state index contributed by atoms with van der Waals surface area (Å²) in [4.78, 5) is 88.0. The number of thioether (sulfide) groups is 1. The Morgan fingerprint density at radius 3 is 2.38 bits per heavy atom.